The van der Waals surface area contributed by atoms with Gasteiger partial charge in [-0.3, -0.25) is 9.59 Å². The van der Waals surface area contributed by atoms with Crippen LogP contribution in [0, 0.1) is 5.82 Å². The molecule has 3 aromatic carbocycles. The summed E-state index contributed by atoms with van der Waals surface area (Å²) < 4.78 is 14.2. The first-order valence-electron chi connectivity index (χ1n) is 10.3. The summed E-state index contributed by atoms with van der Waals surface area (Å²) in [6, 6.07) is 20.2. The Bertz CT molecular complexity index is 1140. The van der Waals surface area contributed by atoms with Crippen LogP contribution < -0.4 is 4.90 Å². The van der Waals surface area contributed by atoms with E-state index in [9.17, 15) is 19.1 Å². The van der Waals surface area contributed by atoms with Gasteiger partial charge in [-0.15, -0.1) is 0 Å². The molecule has 1 aliphatic heterocycles. The second kappa shape index (κ2) is 8.08. The molecule has 0 saturated heterocycles. The SMILES string of the molecule is CC(C)c1ccc(C(=O)CC2(O)C(=O)N(Cc3ccccc3F)c3ccccc32)cc1. The van der Waals surface area contributed by atoms with Crippen molar-refractivity contribution in [1.29, 1.82) is 0 Å². The van der Waals surface area contributed by atoms with Gasteiger partial charge in [0.25, 0.3) is 5.91 Å². The van der Waals surface area contributed by atoms with Crippen molar-refractivity contribution in [2.24, 2.45) is 0 Å². The molecule has 1 amide bonds. The first-order valence-corrected chi connectivity index (χ1v) is 10.3. The van der Waals surface area contributed by atoms with Crippen molar-refractivity contribution in [2.45, 2.75) is 38.3 Å². The number of benzene rings is 3. The Labute approximate surface area is 181 Å². The Balaban J connectivity index is 1.65. The number of aliphatic hydroxyl groups is 1. The zero-order chi connectivity index (χ0) is 22.2. The van der Waals surface area contributed by atoms with Gasteiger partial charge in [-0.25, -0.2) is 4.39 Å². The maximum Gasteiger partial charge on any atom is 0.264 e. The highest BCUT2D eigenvalue weighted by atomic mass is 19.1. The third kappa shape index (κ3) is 3.77. The number of amides is 1. The summed E-state index contributed by atoms with van der Waals surface area (Å²) in [7, 11) is 0. The molecule has 0 radical (unpaired) electrons. The summed E-state index contributed by atoms with van der Waals surface area (Å²) in [6.45, 7) is 4.11. The number of para-hydroxylation sites is 1. The molecule has 1 aliphatic rings. The average Bonchev–Trinajstić information content (AvgIpc) is 2.97. The minimum Gasteiger partial charge on any atom is -0.375 e. The molecule has 0 aromatic heterocycles. The number of Topliss-reactive ketones (excluding diaryl/α,β-unsaturated/α-hetero) is 1. The fourth-order valence-corrected chi connectivity index (χ4v) is 4.02. The van der Waals surface area contributed by atoms with E-state index in [0.29, 0.717) is 28.3 Å². The van der Waals surface area contributed by atoms with Crippen LogP contribution in [0.2, 0.25) is 0 Å². The van der Waals surface area contributed by atoms with Crippen molar-refractivity contribution in [2.75, 3.05) is 4.90 Å². The van der Waals surface area contributed by atoms with Crippen molar-refractivity contribution in [3.63, 3.8) is 0 Å². The average molecular weight is 417 g/mol. The minimum absolute atomic E-state index is 0.0257. The van der Waals surface area contributed by atoms with E-state index in [1.165, 1.54) is 11.0 Å². The molecule has 0 fully saturated rings. The molecule has 1 heterocycles. The van der Waals surface area contributed by atoms with E-state index >= 15 is 0 Å². The summed E-state index contributed by atoms with van der Waals surface area (Å²) in [5.74, 6) is -1.04. The predicted molar refractivity (Wildman–Crippen MR) is 117 cm³/mol. The van der Waals surface area contributed by atoms with Crippen LogP contribution in [-0.2, 0) is 16.9 Å². The second-order valence-corrected chi connectivity index (χ2v) is 8.24. The van der Waals surface area contributed by atoms with Gasteiger partial charge >= 0.3 is 0 Å². The number of carbonyl (C=O) groups excluding carboxylic acids is 2. The fraction of sp³-hybridized carbons (Fsp3) is 0.231. The summed E-state index contributed by atoms with van der Waals surface area (Å²) in [4.78, 5) is 27.6. The van der Waals surface area contributed by atoms with Crippen LogP contribution in [0.15, 0.2) is 72.8 Å². The zero-order valence-corrected chi connectivity index (χ0v) is 17.5. The van der Waals surface area contributed by atoms with Gasteiger partial charge in [0.2, 0.25) is 0 Å². The number of hydrogen-bond donors (Lipinski definition) is 1. The molecule has 0 spiro atoms. The Kier molecular flexibility index (Phi) is 5.46. The van der Waals surface area contributed by atoms with Crippen LogP contribution in [0.4, 0.5) is 10.1 Å². The molecule has 31 heavy (non-hydrogen) atoms. The molecule has 0 aliphatic carbocycles. The summed E-state index contributed by atoms with van der Waals surface area (Å²) in [5.41, 5.74) is 0.745. The lowest BCUT2D eigenvalue weighted by Gasteiger charge is -2.23. The second-order valence-electron chi connectivity index (χ2n) is 8.24. The monoisotopic (exact) mass is 417 g/mol. The van der Waals surface area contributed by atoms with Crippen molar-refractivity contribution in [3.05, 3.63) is 101 Å². The standard InChI is InChI=1S/C26H24FNO3/c1-17(2)18-11-13-19(14-12-18)24(29)15-26(31)21-8-4-6-10-23(21)28(25(26)30)16-20-7-3-5-9-22(20)27/h3-14,17,31H,15-16H2,1-2H3. The zero-order valence-electron chi connectivity index (χ0n) is 17.5. The lowest BCUT2D eigenvalue weighted by atomic mass is 9.87. The van der Waals surface area contributed by atoms with Crippen LogP contribution in [0.3, 0.4) is 0 Å². The highest BCUT2D eigenvalue weighted by molar-refractivity contribution is 6.10. The molecule has 0 saturated carbocycles. The van der Waals surface area contributed by atoms with Crippen LogP contribution in [0.5, 0.6) is 0 Å². The molecular weight excluding hydrogens is 393 g/mol. The Hall–Kier alpha value is -3.31. The number of carbonyl (C=O) groups is 2. The molecule has 4 rings (SSSR count). The van der Waals surface area contributed by atoms with Crippen LogP contribution in [0.25, 0.3) is 0 Å². The smallest absolute Gasteiger partial charge is 0.264 e. The van der Waals surface area contributed by atoms with Gasteiger partial charge in [0.05, 0.1) is 18.7 Å². The maximum atomic E-state index is 14.2. The first-order chi connectivity index (χ1) is 14.8. The van der Waals surface area contributed by atoms with Gasteiger partial charge in [-0.2, -0.15) is 0 Å². The molecule has 158 valence electrons. The third-order valence-electron chi connectivity index (χ3n) is 5.84. The van der Waals surface area contributed by atoms with E-state index in [-0.39, 0.29) is 18.7 Å². The van der Waals surface area contributed by atoms with Crippen molar-refractivity contribution in [3.8, 4) is 0 Å². The van der Waals surface area contributed by atoms with Gasteiger partial charge in [0.1, 0.15) is 5.82 Å². The maximum absolute atomic E-state index is 14.2. The van der Waals surface area contributed by atoms with Crippen molar-refractivity contribution < 1.29 is 19.1 Å². The van der Waals surface area contributed by atoms with E-state index in [0.717, 1.165) is 5.56 Å². The number of ketones is 1. The summed E-state index contributed by atoms with van der Waals surface area (Å²) >= 11 is 0. The molecular formula is C26H24FNO3. The highest BCUT2D eigenvalue weighted by Crippen LogP contribution is 2.43. The number of nitrogens with zero attached hydrogens (tertiary/aromatic N) is 1. The molecule has 1 atom stereocenters. The number of anilines is 1. The number of halogens is 1. The third-order valence-corrected chi connectivity index (χ3v) is 5.84. The molecule has 4 nitrogen and oxygen atoms in total. The van der Waals surface area contributed by atoms with Gasteiger partial charge in [-0.1, -0.05) is 74.5 Å². The molecule has 3 aromatic rings. The quantitative estimate of drug-likeness (QED) is 0.577. The van der Waals surface area contributed by atoms with Crippen molar-refractivity contribution >= 4 is 17.4 Å². The number of hydrogen-bond acceptors (Lipinski definition) is 3. The lowest BCUT2D eigenvalue weighted by Crippen LogP contribution is -2.41. The summed E-state index contributed by atoms with van der Waals surface area (Å²) in [5, 5.41) is 11.4. The lowest BCUT2D eigenvalue weighted by molar-refractivity contribution is -0.136. The molecule has 1 N–H and O–H groups in total. The minimum atomic E-state index is -1.99. The van der Waals surface area contributed by atoms with Crippen LogP contribution >= 0.6 is 0 Å². The van der Waals surface area contributed by atoms with E-state index in [2.05, 4.69) is 13.8 Å². The Morgan fingerprint density at radius 2 is 1.65 bits per heavy atom. The number of fused-ring (bicyclic) bond motifs is 1. The van der Waals surface area contributed by atoms with E-state index in [1.54, 1.807) is 54.6 Å². The predicted octanol–water partition coefficient (Wildman–Crippen LogP) is 4.96. The van der Waals surface area contributed by atoms with E-state index in [4.69, 9.17) is 0 Å². The van der Waals surface area contributed by atoms with E-state index in [1.807, 2.05) is 12.1 Å². The van der Waals surface area contributed by atoms with Crippen LogP contribution in [-0.4, -0.2) is 16.8 Å². The Morgan fingerprint density at radius 3 is 2.32 bits per heavy atom. The van der Waals surface area contributed by atoms with Crippen LogP contribution in [0.1, 0.15) is 53.2 Å². The van der Waals surface area contributed by atoms with Gasteiger partial charge in [0, 0.05) is 16.7 Å². The summed E-state index contributed by atoms with van der Waals surface area (Å²) in [6.07, 6.45) is -0.377. The topological polar surface area (TPSA) is 57.6 Å². The molecule has 1 unspecified atom stereocenters. The number of rotatable bonds is 6. The highest BCUT2D eigenvalue weighted by Gasteiger charge is 2.50. The largest absolute Gasteiger partial charge is 0.375 e. The van der Waals surface area contributed by atoms with Gasteiger partial charge in [0.15, 0.2) is 11.4 Å². The molecule has 0 bridgehead atoms. The molecule has 5 heteroatoms. The Morgan fingerprint density at radius 1 is 1.00 bits per heavy atom. The van der Waals surface area contributed by atoms with E-state index < -0.39 is 17.3 Å². The fourth-order valence-electron chi connectivity index (χ4n) is 4.02. The van der Waals surface area contributed by atoms with Crippen molar-refractivity contribution in [1.82, 2.24) is 0 Å². The van der Waals surface area contributed by atoms with Gasteiger partial charge in [-0.05, 0) is 23.6 Å². The normalized spacial score (nSPS) is 17.8. The first kappa shape index (κ1) is 20.9. The van der Waals surface area contributed by atoms with Gasteiger partial charge < -0.3 is 10.0 Å².